The minimum atomic E-state index is -1.05. The molecule has 0 radical (unpaired) electrons. The summed E-state index contributed by atoms with van der Waals surface area (Å²) in [6, 6.07) is 22.2. The number of rotatable bonds is 3. The molecule has 0 N–H and O–H groups in total. The van der Waals surface area contributed by atoms with Gasteiger partial charge in [-0.1, -0.05) is 60.7 Å². The number of aromatic nitrogens is 3. The van der Waals surface area contributed by atoms with Crippen LogP contribution < -0.4 is 9.80 Å². The molecule has 0 spiro atoms. The number of anilines is 2. The maximum Gasteiger partial charge on any atom is 0.244 e. The number of fused-ring (bicyclic) bond motifs is 6. The molecule has 232 valence electrons. The second-order valence-electron chi connectivity index (χ2n) is 14.5. The van der Waals surface area contributed by atoms with E-state index in [1.165, 1.54) is 0 Å². The third-order valence-corrected chi connectivity index (χ3v) is 11.1. The minimum absolute atomic E-state index is 0.130. The molecule has 2 saturated heterocycles. The van der Waals surface area contributed by atoms with Crippen LogP contribution in [0.5, 0.6) is 0 Å². The van der Waals surface area contributed by atoms with E-state index in [0.717, 1.165) is 42.1 Å². The van der Waals surface area contributed by atoms with Gasteiger partial charge in [0.25, 0.3) is 0 Å². The van der Waals surface area contributed by atoms with Crippen LogP contribution in [0.3, 0.4) is 0 Å². The number of hydrogen-bond acceptors (Lipinski definition) is 7. The summed E-state index contributed by atoms with van der Waals surface area (Å²) in [6.45, 7) is 13.7. The van der Waals surface area contributed by atoms with Gasteiger partial charge >= 0.3 is 0 Å². The van der Waals surface area contributed by atoms with Gasteiger partial charge in [0.05, 0.1) is 21.7 Å². The van der Waals surface area contributed by atoms with E-state index in [-0.39, 0.29) is 17.7 Å². The fourth-order valence-corrected chi connectivity index (χ4v) is 6.46. The molecule has 0 aliphatic carbocycles. The lowest BCUT2D eigenvalue weighted by Crippen LogP contribution is -2.37. The third-order valence-electron chi connectivity index (χ3n) is 11.1. The quantitative estimate of drug-likeness (QED) is 0.162. The standard InChI is InChI=1S/C37H35N5O4/c1-34(2)28(43)41(29(44)35(34,3)4)32-38-27(39-33(40-32)42-30(45)36(5,6)37(7,8)31(42)46)20-17-18-25-23-15-10-9-13-21(23)22-14-11-12-16-24(22)26(25)19-20/h9-19H,1-8H3. The summed E-state index contributed by atoms with van der Waals surface area (Å²) in [7, 11) is 0. The van der Waals surface area contributed by atoms with E-state index in [1.807, 2.05) is 42.5 Å². The van der Waals surface area contributed by atoms with Crippen molar-refractivity contribution < 1.29 is 19.2 Å². The molecule has 1 aromatic heterocycles. The summed E-state index contributed by atoms with van der Waals surface area (Å²) in [6.07, 6.45) is 0. The van der Waals surface area contributed by atoms with Gasteiger partial charge < -0.3 is 0 Å². The Morgan fingerprint density at radius 2 is 0.761 bits per heavy atom. The van der Waals surface area contributed by atoms with Crippen molar-refractivity contribution in [2.75, 3.05) is 9.80 Å². The van der Waals surface area contributed by atoms with Crippen molar-refractivity contribution >= 4 is 67.8 Å². The molecule has 7 rings (SSSR count). The summed E-state index contributed by atoms with van der Waals surface area (Å²) in [5.41, 5.74) is -3.63. The molecule has 2 fully saturated rings. The highest BCUT2D eigenvalue weighted by atomic mass is 16.2. The molecule has 46 heavy (non-hydrogen) atoms. The molecule has 2 aliphatic rings. The smallest absolute Gasteiger partial charge is 0.244 e. The van der Waals surface area contributed by atoms with Crippen molar-refractivity contribution in [3.05, 3.63) is 66.7 Å². The highest BCUT2D eigenvalue weighted by Gasteiger charge is 2.62. The fraction of sp³-hybridized carbons (Fsp3) is 0.324. The molecule has 4 amide bonds. The lowest BCUT2D eigenvalue weighted by molar-refractivity contribution is -0.129. The molecular weight excluding hydrogens is 578 g/mol. The molecule has 3 heterocycles. The van der Waals surface area contributed by atoms with Crippen molar-refractivity contribution in [2.45, 2.75) is 55.4 Å². The number of imide groups is 2. The zero-order valence-electron chi connectivity index (χ0n) is 27.2. The van der Waals surface area contributed by atoms with Crippen molar-refractivity contribution in [1.82, 2.24) is 15.0 Å². The van der Waals surface area contributed by atoms with Gasteiger partial charge in [-0.15, -0.1) is 0 Å². The lowest BCUT2D eigenvalue weighted by atomic mass is 9.70. The SMILES string of the molecule is CC1(C)C(=O)N(c2nc(-c3ccc4c5ccccc5c5ccccc5c4c3)nc(N3C(=O)C(C)(C)C(C)(C)C3=O)n2)C(=O)C1(C)C. The Morgan fingerprint density at radius 3 is 1.13 bits per heavy atom. The number of hydrogen-bond donors (Lipinski definition) is 0. The second-order valence-corrected chi connectivity index (χ2v) is 14.5. The first kappa shape index (κ1) is 29.6. The van der Waals surface area contributed by atoms with Gasteiger partial charge in [-0.25, -0.2) is 9.80 Å². The minimum Gasteiger partial charge on any atom is -0.273 e. The molecule has 4 aromatic carbocycles. The Morgan fingerprint density at radius 1 is 0.435 bits per heavy atom. The van der Waals surface area contributed by atoms with Crippen LogP contribution in [0.4, 0.5) is 11.9 Å². The second kappa shape index (κ2) is 9.25. The van der Waals surface area contributed by atoms with E-state index >= 15 is 0 Å². The van der Waals surface area contributed by atoms with Gasteiger partial charge in [-0.3, -0.25) is 19.2 Å². The van der Waals surface area contributed by atoms with Crippen LogP contribution in [0.2, 0.25) is 0 Å². The van der Waals surface area contributed by atoms with E-state index in [9.17, 15) is 19.2 Å². The molecule has 9 heteroatoms. The summed E-state index contributed by atoms with van der Waals surface area (Å²) < 4.78 is 0. The normalized spacial score (nSPS) is 20.1. The van der Waals surface area contributed by atoms with Crippen molar-refractivity contribution in [1.29, 1.82) is 0 Å². The predicted molar refractivity (Wildman–Crippen MR) is 178 cm³/mol. The number of carbonyl (C=O) groups excluding carboxylic acids is 4. The van der Waals surface area contributed by atoms with Crippen LogP contribution in [0.15, 0.2) is 66.7 Å². The first-order valence-corrected chi connectivity index (χ1v) is 15.4. The molecule has 2 aliphatic heterocycles. The van der Waals surface area contributed by atoms with E-state index < -0.39 is 45.3 Å². The summed E-state index contributed by atoms with van der Waals surface area (Å²) in [5, 5.41) is 6.35. The summed E-state index contributed by atoms with van der Waals surface area (Å²) in [5.74, 6) is -2.20. The van der Waals surface area contributed by atoms with Crippen LogP contribution in [0.1, 0.15) is 55.4 Å². The van der Waals surface area contributed by atoms with E-state index in [2.05, 4.69) is 39.2 Å². The zero-order valence-corrected chi connectivity index (χ0v) is 27.2. The van der Waals surface area contributed by atoms with Crippen LogP contribution in [0.25, 0.3) is 43.7 Å². The van der Waals surface area contributed by atoms with E-state index in [0.29, 0.717) is 5.56 Å². The summed E-state index contributed by atoms with van der Waals surface area (Å²) >= 11 is 0. The zero-order chi connectivity index (χ0) is 33.1. The molecule has 9 nitrogen and oxygen atoms in total. The van der Waals surface area contributed by atoms with E-state index in [1.54, 1.807) is 55.4 Å². The average Bonchev–Trinajstić information content (AvgIpc) is 3.23. The Hall–Kier alpha value is -5.05. The largest absolute Gasteiger partial charge is 0.273 e. The fourth-order valence-electron chi connectivity index (χ4n) is 6.46. The molecule has 0 saturated carbocycles. The lowest BCUT2D eigenvalue weighted by Gasteiger charge is -2.28. The number of amides is 4. The van der Waals surface area contributed by atoms with Gasteiger partial charge in [0.1, 0.15) is 0 Å². The number of benzene rings is 4. The van der Waals surface area contributed by atoms with Gasteiger partial charge in [0, 0.05) is 5.56 Å². The Kier molecular flexibility index (Phi) is 5.96. The first-order valence-electron chi connectivity index (χ1n) is 15.4. The van der Waals surface area contributed by atoms with E-state index in [4.69, 9.17) is 0 Å². The highest BCUT2D eigenvalue weighted by molar-refractivity contribution is 6.27. The topological polar surface area (TPSA) is 113 Å². The molecule has 0 bridgehead atoms. The van der Waals surface area contributed by atoms with Crippen LogP contribution in [-0.2, 0) is 19.2 Å². The van der Waals surface area contributed by atoms with Crippen LogP contribution in [-0.4, -0.2) is 38.6 Å². The Labute approximate surface area is 266 Å². The van der Waals surface area contributed by atoms with Crippen molar-refractivity contribution in [2.24, 2.45) is 21.7 Å². The molecular formula is C37H35N5O4. The van der Waals surface area contributed by atoms with Gasteiger partial charge in [-0.05, 0) is 93.8 Å². The van der Waals surface area contributed by atoms with Crippen molar-refractivity contribution in [3.8, 4) is 11.4 Å². The van der Waals surface area contributed by atoms with Gasteiger partial charge in [-0.2, -0.15) is 15.0 Å². The van der Waals surface area contributed by atoms with Gasteiger partial charge in [0.15, 0.2) is 5.82 Å². The third kappa shape index (κ3) is 3.65. The molecule has 5 aromatic rings. The number of nitrogens with zero attached hydrogens (tertiary/aromatic N) is 5. The summed E-state index contributed by atoms with van der Waals surface area (Å²) in [4.78, 5) is 70.9. The molecule has 0 unspecified atom stereocenters. The Bertz CT molecular complexity index is 2050. The van der Waals surface area contributed by atoms with Gasteiger partial charge in [0.2, 0.25) is 35.5 Å². The predicted octanol–water partition coefficient (Wildman–Crippen LogP) is 6.85. The van der Waals surface area contributed by atoms with Crippen LogP contribution in [0, 0.1) is 21.7 Å². The highest BCUT2D eigenvalue weighted by Crippen LogP contribution is 2.50. The first-order chi connectivity index (χ1) is 21.5. The number of carbonyl (C=O) groups is 4. The maximum atomic E-state index is 13.8. The van der Waals surface area contributed by atoms with Crippen LogP contribution >= 0.6 is 0 Å². The Balaban J connectivity index is 1.50. The monoisotopic (exact) mass is 613 g/mol. The average molecular weight is 614 g/mol. The van der Waals surface area contributed by atoms with Crippen molar-refractivity contribution in [3.63, 3.8) is 0 Å². The maximum absolute atomic E-state index is 13.8. The molecule has 0 atom stereocenters.